The Bertz CT molecular complexity index is 1170. The second-order valence-electron chi connectivity index (χ2n) is 5.65. The highest BCUT2D eigenvalue weighted by Crippen LogP contribution is 2.23. The molecule has 0 bridgehead atoms. The van der Waals surface area contributed by atoms with Gasteiger partial charge in [0.15, 0.2) is 0 Å². The number of sulfonamides is 1. The first-order valence-corrected chi connectivity index (χ1v) is 9.19. The van der Waals surface area contributed by atoms with E-state index in [9.17, 15) is 8.42 Å². The highest BCUT2D eigenvalue weighted by Gasteiger charge is 2.08. The van der Waals surface area contributed by atoms with Crippen LogP contribution in [0.2, 0.25) is 0 Å². The van der Waals surface area contributed by atoms with E-state index in [4.69, 9.17) is 5.14 Å². The van der Waals surface area contributed by atoms with E-state index in [0.29, 0.717) is 11.6 Å². The molecule has 0 atom stereocenters. The van der Waals surface area contributed by atoms with Gasteiger partial charge in [-0.2, -0.15) is 5.10 Å². The summed E-state index contributed by atoms with van der Waals surface area (Å²) in [5.41, 5.74) is 3.40. The molecule has 2 heterocycles. The fourth-order valence-electron chi connectivity index (χ4n) is 2.53. The Morgan fingerprint density at radius 1 is 1.00 bits per heavy atom. The molecule has 0 fully saturated rings. The Labute approximate surface area is 149 Å². The molecular weight excluding hydrogens is 352 g/mol. The van der Waals surface area contributed by atoms with E-state index >= 15 is 0 Å². The molecule has 0 amide bonds. The second-order valence-corrected chi connectivity index (χ2v) is 7.21. The maximum Gasteiger partial charge on any atom is 0.238 e. The normalized spacial score (nSPS) is 11.6. The molecule has 26 heavy (non-hydrogen) atoms. The van der Waals surface area contributed by atoms with Gasteiger partial charge in [-0.1, -0.05) is 12.1 Å². The maximum atomic E-state index is 11.3. The fraction of sp³-hybridized carbons (Fsp3) is 0. The van der Waals surface area contributed by atoms with Crippen molar-refractivity contribution in [2.75, 3.05) is 5.32 Å². The van der Waals surface area contributed by atoms with Crippen molar-refractivity contribution in [3.05, 3.63) is 61.1 Å². The van der Waals surface area contributed by atoms with Crippen LogP contribution in [0.15, 0.2) is 66.0 Å². The van der Waals surface area contributed by atoms with Crippen LogP contribution < -0.4 is 10.5 Å². The van der Waals surface area contributed by atoms with Crippen LogP contribution in [-0.2, 0) is 10.0 Å². The molecule has 0 aliphatic heterocycles. The average molecular weight is 366 g/mol. The molecule has 0 saturated carbocycles. The van der Waals surface area contributed by atoms with Crippen LogP contribution >= 0.6 is 0 Å². The molecule has 130 valence electrons. The van der Waals surface area contributed by atoms with Gasteiger partial charge in [0.1, 0.15) is 0 Å². The van der Waals surface area contributed by atoms with Crippen LogP contribution in [0.25, 0.3) is 22.0 Å². The van der Waals surface area contributed by atoms with Gasteiger partial charge in [-0.05, 0) is 35.9 Å². The lowest BCUT2D eigenvalue weighted by Gasteiger charge is -2.07. The average Bonchev–Trinajstić information content (AvgIpc) is 3.15. The standard InChI is InChI=1S/C17H14N6O2S/c18-26(24,25)15-5-3-14(4-6-15)22-17-19-8-12-2-1-11(7-16(12)23-17)13-9-20-21-10-13/h1-10H,(H,20,21)(H2,18,24,25)(H,19,22,23). The number of aromatic amines is 1. The van der Waals surface area contributed by atoms with Crippen LogP contribution in [0, 0.1) is 0 Å². The Hall–Kier alpha value is -3.30. The number of rotatable bonds is 4. The van der Waals surface area contributed by atoms with Crippen molar-refractivity contribution >= 4 is 32.6 Å². The van der Waals surface area contributed by atoms with Crippen LogP contribution in [-0.4, -0.2) is 28.6 Å². The van der Waals surface area contributed by atoms with E-state index in [1.54, 1.807) is 24.5 Å². The number of nitrogens with zero attached hydrogens (tertiary/aromatic N) is 3. The molecule has 0 unspecified atom stereocenters. The largest absolute Gasteiger partial charge is 0.324 e. The quantitative estimate of drug-likeness (QED) is 0.509. The number of hydrogen-bond acceptors (Lipinski definition) is 6. The predicted molar refractivity (Wildman–Crippen MR) is 98.2 cm³/mol. The van der Waals surface area contributed by atoms with Gasteiger partial charge in [0.2, 0.25) is 16.0 Å². The topological polar surface area (TPSA) is 127 Å². The molecule has 0 radical (unpaired) electrons. The molecule has 8 nitrogen and oxygen atoms in total. The molecule has 0 saturated heterocycles. The van der Waals surface area contributed by atoms with Crippen molar-refractivity contribution in [3.63, 3.8) is 0 Å². The van der Waals surface area contributed by atoms with Crippen molar-refractivity contribution in [1.82, 2.24) is 20.2 Å². The maximum absolute atomic E-state index is 11.3. The van der Waals surface area contributed by atoms with Crippen LogP contribution in [0.1, 0.15) is 0 Å². The van der Waals surface area contributed by atoms with Gasteiger partial charge >= 0.3 is 0 Å². The highest BCUT2D eigenvalue weighted by molar-refractivity contribution is 7.89. The van der Waals surface area contributed by atoms with Crippen molar-refractivity contribution in [2.24, 2.45) is 5.14 Å². The molecule has 9 heteroatoms. The third kappa shape index (κ3) is 3.25. The molecule has 4 rings (SSSR count). The van der Waals surface area contributed by atoms with E-state index in [-0.39, 0.29) is 4.90 Å². The van der Waals surface area contributed by atoms with Gasteiger partial charge in [-0.25, -0.2) is 23.5 Å². The number of hydrogen-bond donors (Lipinski definition) is 3. The van der Waals surface area contributed by atoms with Crippen molar-refractivity contribution in [1.29, 1.82) is 0 Å². The summed E-state index contributed by atoms with van der Waals surface area (Å²) in [4.78, 5) is 8.85. The monoisotopic (exact) mass is 366 g/mol. The molecule has 0 spiro atoms. The third-order valence-corrected chi connectivity index (χ3v) is 4.78. The van der Waals surface area contributed by atoms with Crippen LogP contribution in [0.5, 0.6) is 0 Å². The summed E-state index contributed by atoms with van der Waals surface area (Å²) in [7, 11) is -3.71. The van der Waals surface area contributed by atoms with E-state index in [2.05, 4.69) is 25.5 Å². The third-order valence-electron chi connectivity index (χ3n) is 3.85. The Morgan fingerprint density at radius 2 is 1.81 bits per heavy atom. The first kappa shape index (κ1) is 16.2. The minimum Gasteiger partial charge on any atom is -0.324 e. The van der Waals surface area contributed by atoms with Gasteiger partial charge < -0.3 is 5.32 Å². The Kier molecular flexibility index (Phi) is 3.86. The summed E-state index contributed by atoms with van der Waals surface area (Å²) in [6, 6.07) is 11.9. The minimum absolute atomic E-state index is 0.0484. The first-order chi connectivity index (χ1) is 12.5. The molecule has 2 aromatic heterocycles. The number of nitrogens with one attached hydrogen (secondary N) is 2. The lowest BCUT2D eigenvalue weighted by atomic mass is 10.1. The lowest BCUT2D eigenvalue weighted by Crippen LogP contribution is -2.11. The fourth-order valence-corrected chi connectivity index (χ4v) is 3.04. The number of nitrogens with two attached hydrogens (primary N) is 1. The van der Waals surface area contributed by atoms with Crippen LogP contribution in [0.4, 0.5) is 11.6 Å². The van der Waals surface area contributed by atoms with E-state index in [0.717, 1.165) is 22.0 Å². The second kappa shape index (κ2) is 6.21. The van der Waals surface area contributed by atoms with Gasteiger partial charge in [-0.15, -0.1) is 0 Å². The summed E-state index contributed by atoms with van der Waals surface area (Å²) in [5, 5.41) is 15.8. The zero-order chi connectivity index (χ0) is 18.1. The first-order valence-electron chi connectivity index (χ1n) is 7.65. The van der Waals surface area contributed by atoms with Crippen LogP contribution in [0.3, 0.4) is 0 Å². The molecular formula is C17H14N6O2S. The summed E-state index contributed by atoms with van der Waals surface area (Å²) in [6.45, 7) is 0. The van der Waals surface area contributed by atoms with E-state index < -0.39 is 10.0 Å². The van der Waals surface area contributed by atoms with Gasteiger partial charge in [0.05, 0.1) is 16.6 Å². The van der Waals surface area contributed by atoms with E-state index in [1.165, 1.54) is 12.1 Å². The zero-order valence-electron chi connectivity index (χ0n) is 13.4. The molecule has 0 aliphatic rings. The molecule has 4 aromatic rings. The Balaban J connectivity index is 1.64. The molecule has 4 N–H and O–H groups in total. The smallest absolute Gasteiger partial charge is 0.238 e. The van der Waals surface area contributed by atoms with Crippen molar-refractivity contribution < 1.29 is 8.42 Å². The molecule has 2 aromatic carbocycles. The number of H-pyrrole nitrogens is 1. The highest BCUT2D eigenvalue weighted by atomic mass is 32.2. The SMILES string of the molecule is NS(=O)(=O)c1ccc(Nc2ncc3ccc(-c4cn[nH]c4)cc3n2)cc1. The van der Waals surface area contributed by atoms with Gasteiger partial charge in [0.25, 0.3) is 0 Å². The minimum atomic E-state index is -3.71. The lowest BCUT2D eigenvalue weighted by molar-refractivity contribution is 0.598. The number of primary sulfonamides is 1. The number of benzene rings is 2. The van der Waals surface area contributed by atoms with E-state index in [1.807, 2.05) is 24.4 Å². The number of aromatic nitrogens is 4. The summed E-state index contributed by atoms with van der Waals surface area (Å²) >= 11 is 0. The zero-order valence-corrected chi connectivity index (χ0v) is 14.2. The Morgan fingerprint density at radius 3 is 2.50 bits per heavy atom. The summed E-state index contributed by atoms with van der Waals surface area (Å²) < 4.78 is 22.6. The number of fused-ring (bicyclic) bond motifs is 1. The number of anilines is 2. The summed E-state index contributed by atoms with van der Waals surface area (Å²) in [5.74, 6) is 0.408. The van der Waals surface area contributed by atoms with Crippen molar-refractivity contribution in [2.45, 2.75) is 4.90 Å². The van der Waals surface area contributed by atoms with Gasteiger partial charge in [-0.3, -0.25) is 5.10 Å². The van der Waals surface area contributed by atoms with Crippen molar-refractivity contribution in [3.8, 4) is 11.1 Å². The predicted octanol–water partition coefficient (Wildman–Crippen LogP) is 2.41. The summed E-state index contributed by atoms with van der Waals surface area (Å²) in [6.07, 6.45) is 5.28. The van der Waals surface area contributed by atoms with Gasteiger partial charge in [0, 0.05) is 29.0 Å². The molecule has 0 aliphatic carbocycles.